The van der Waals surface area contributed by atoms with Crippen molar-refractivity contribution in [1.82, 2.24) is 14.2 Å². The van der Waals surface area contributed by atoms with Gasteiger partial charge in [0.2, 0.25) is 0 Å². The van der Waals surface area contributed by atoms with E-state index in [4.69, 9.17) is 16.3 Å². The Balaban J connectivity index is 1.50. The molecule has 0 amide bonds. The summed E-state index contributed by atoms with van der Waals surface area (Å²) in [6.07, 6.45) is -3.17. The van der Waals surface area contributed by atoms with Crippen LogP contribution >= 0.6 is 11.6 Å². The molecular formula is C21H15ClF3N3O3. The minimum atomic E-state index is -4.75. The molecule has 4 aromatic rings. The molecule has 0 saturated heterocycles. The second-order valence-corrected chi connectivity index (χ2v) is 6.96. The number of aromatic nitrogens is 3. The lowest BCUT2D eigenvalue weighted by Gasteiger charge is -2.09. The minimum Gasteiger partial charge on any atom is -0.492 e. The smallest absolute Gasteiger partial charge is 0.492 e. The lowest BCUT2D eigenvalue weighted by molar-refractivity contribution is -0.274. The van der Waals surface area contributed by atoms with E-state index in [0.29, 0.717) is 27.5 Å². The maximum absolute atomic E-state index is 12.7. The first kappa shape index (κ1) is 20.8. The second kappa shape index (κ2) is 8.35. The highest BCUT2D eigenvalue weighted by molar-refractivity contribution is 6.30. The highest BCUT2D eigenvalue weighted by atomic mass is 35.5. The monoisotopic (exact) mass is 449 g/mol. The Morgan fingerprint density at radius 3 is 2.23 bits per heavy atom. The molecule has 2 aromatic heterocycles. The summed E-state index contributed by atoms with van der Waals surface area (Å²) in [5.41, 5.74) is 1.36. The van der Waals surface area contributed by atoms with Gasteiger partial charge in [0.25, 0.3) is 0 Å². The van der Waals surface area contributed by atoms with Crippen LogP contribution in [0, 0.1) is 0 Å². The van der Waals surface area contributed by atoms with Crippen LogP contribution in [0.5, 0.6) is 11.5 Å². The van der Waals surface area contributed by atoms with E-state index in [1.165, 1.54) is 33.3 Å². The third-order valence-corrected chi connectivity index (χ3v) is 4.64. The van der Waals surface area contributed by atoms with Gasteiger partial charge in [-0.3, -0.25) is 0 Å². The number of nitrogens with zero attached hydrogens (tertiary/aromatic N) is 3. The highest BCUT2D eigenvalue weighted by Crippen LogP contribution is 2.26. The first-order chi connectivity index (χ1) is 14.8. The zero-order valence-corrected chi connectivity index (χ0v) is 16.6. The van der Waals surface area contributed by atoms with E-state index in [0.717, 1.165) is 0 Å². The molecule has 2 aromatic carbocycles. The quantitative estimate of drug-likeness (QED) is 0.424. The van der Waals surface area contributed by atoms with E-state index in [1.807, 2.05) is 0 Å². The van der Waals surface area contributed by atoms with Crippen LogP contribution in [0.1, 0.15) is 0 Å². The summed E-state index contributed by atoms with van der Waals surface area (Å²) in [5.74, 6) is 0.310. The van der Waals surface area contributed by atoms with Crippen LogP contribution in [0.3, 0.4) is 0 Å². The number of rotatable bonds is 6. The van der Waals surface area contributed by atoms with Crippen molar-refractivity contribution < 1.29 is 22.6 Å². The van der Waals surface area contributed by atoms with Gasteiger partial charge in [-0.1, -0.05) is 23.7 Å². The van der Waals surface area contributed by atoms with Crippen molar-refractivity contribution >= 4 is 17.2 Å². The van der Waals surface area contributed by atoms with E-state index >= 15 is 0 Å². The SMILES string of the molecule is O=c1n(CCOc2ccc(Cl)cc2)nc2ccc(-c3ccc(OC(F)(F)F)cc3)cn12. The Kier molecular flexibility index (Phi) is 5.60. The first-order valence-electron chi connectivity index (χ1n) is 9.12. The fourth-order valence-electron chi connectivity index (χ4n) is 2.96. The van der Waals surface area contributed by atoms with Crippen molar-refractivity contribution in [1.29, 1.82) is 0 Å². The van der Waals surface area contributed by atoms with Gasteiger partial charge in [0.05, 0.1) is 6.54 Å². The van der Waals surface area contributed by atoms with Crippen LogP contribution in [-0.4, -0.2) is 27.2 Å². The van der Waals surface area contributed by atoms with E-state index in [-0.39, 0.29) is 24.6 Å². The van der Waals surface area contributed by atoms with Gasteiger partial charge in [0, 0.05) is 11.2 Å². The maximum atomic E-state index is 12.7. The standard InChI is InChI=1S/C21H15ClF3N3O3/c22-16-4-8-17(9-5-16)30-12-11-28-20(29)27-13-15(3-10-19(27)26-28)14-1-6-18(7-2-14)31-21(23,24)25/h1-10,13H,11-12H2. The minimum absolute atomic E-state index is 0.235. The molecule has 0 N–H and O–H groups in total. The number of halogens is 4. The van der Waals surface area contributed by atoms with E-state index in [9.17, 15) is 18.0 Å². The Morgan fingerprint density at radius 2 is 1.55 bits per heavy atom. The average molecular weight is 450 g/mol. The summed E-state index contributed by atoms with van der Waals surface area (Å²) in [4.78, 5) is 12.7. The van der Waals surface area contributed by atoms with Crippen LogP contribution in [0.4, 0.5) is 13.2 Å². The third kappa shape index (κ3) is 5.00. The summed E-state index contributed by atoms with van der Waals surface area (Å²) < 4.78 is 49.0. The van der Waals surface area contributed by atoms with Crippen molar-refractivity contribution in [2.45, 2.75) is 12.9 Å². The van der Waals surface area contributed by atoms with Gasteiger partial charge in [0.15, 0.2) is 5.65 Å². The number of ether oxygens (including phenoxy) is 2. The fraction of sp³-hybridized carbons (Fsp3) is 0.143. The fourth-order valence-corrected chi connectivity index (χ4v) is 3.09. The molecule has 0 radical (unpaired) electrons. The molecule has 0 spiro atoms. The van der Waals surface area contributed by atoms with Crippen molar-refractivity contribution in [3.8, 4) is 22.6 Å². The molecule has 4 rings (SSSR count). The number of pyridine rings is 1. The number of hydrogen-bond donors (Lipinski definition) is 0. The van der Waals surface area contributed by atoms with Crippen LogP contribution in [0.25, 0.3) is 16.8 Å². The predicted octanol–water partition coefficient (Wildman–Crippen LogP) is 4.79. The normalized spacial score (nSPS) is 11.6. The molecule has 0 aliphatic carbocycles. The lowest BCUT2D eigenvalue weighted by Crippen LogP contribution is -2.24. The van der Waals surface area contributed by atoms with Crippen LogP contribution in [0.2, 0.25) is 5.02 Å². The molecule has 2 heterocycles. The summed E-state index contributed by atoms with van der Waals surface area (Å²) >= 11 is 5.83. The topological polar surface area (TPSA) is 57.8 Å². The molecule has 6 nitrogen and oxygen atoms in total. The largest absolute Gasteiger partial charge is 0.573 e. The Bertz CT molecular complexity index is 1250. The van der Waals surface area contributed by atoms with Gasteiger partial charge < -0.3 is 9.47 Å². The van der Waals surface area contributed by atoms with Crippen molar-refractivity contribution in [3.05, 3.63) is 82.4 Å². The molecule has 0 fully saturated rings. The third-order valence-electron chi connectivity index (χ3n) is 4.38. The molecule has 0 saturated carbocycles. The number of benzene rings is 2. The van der Waals surface area contributed by atoms with Crippen LogP contribution in [-0.2, 0) is 6.54 Å². The number of fused-ring (bicyclic) bond motifs is 1. The maximum Gasteiger partial charge on any atom is 0.573 e. The zero-order chi connectivity index (χ0) is 22.0. The predicted molar refractivity (Wildman–Crippen MR) is 109 cm³/mol. The molecule has 31 heavy (non-hydrogen) atoms. The van der Waals surface area contributed by atoms with Gasteiger partial charge in [0.1, 0.15) is 18.1 Å². The van der Waals surface area contributed by atoms with E-state index < -0.39 is 6.36 Å². The van der Waals surface area contributed by atoms with E-state index in [1.54, 1.807) is 42.6 Å². The molecule has 0 bridgehead atoms. The van der Waals surface area contributed by atoms with Crippen molar-refractivity contribution in [3.63, 3.8) is 0 Å². The van der Waals surface area contributed by atoms with Crippen LogP contribution < -0.4 is 15.2 Å². The van der Waals surface area contributed by atoms with Gasteiger partial charge in [-0.05, 0) is 59.7 Å². The van der Waals surface area contributed by atoms with Crippen LogP contribution in [0.15, 0.2) is 71.7 Å². The van der Waals surface area contributed by atoms with Gasteiger partial charge >= 0.3 is 12.1 Å². The van der Waals surface area contributed by atoms with E-state index in [2.05, 4.69) is 9.84 Å². The Hall–Kier alpha value is -3.46. The molecule has 0 aliphatic rings. The average Bonchev–Trinajstić information content (AvgIpc) is 3.04. The van der Waals surface area contributed by atoms with Crippen molar-refractivity contribution in [2.75, 3.05) is 6.61 Å². The van der Waals surface area contributed by atoms with Gasteiger partial charge in [-0.15, -0.1) is 18.3 Å². The van der Waals surface area contributed by atoms with Gasteiger partial charge in [-0.2, -0.15) is 0 Å². The molecule has 10 heteroatoms. The molecule has 160 valence electrons. The number of alkyl halides is 3. The first-order valence-corrected chi connectivity index (χ1v) is 9.50. The zero-order valence-electron chi connectivity index (χ0n) is 15.8. The second-order valence-electron chi connectivity index (χ2n) is 6.53. The number of hydrogen-bond acceptors (Lipinski definition) is 4. The molecular weight excluding hydrogens is 435 g/mol. The lowest BCUT2D eigenvalue weighted by atomic mass is 10.1. The van der Waals surface area contributed by atoms with Gasteiger partial charge in [-0.25, -0.2) is 13.9 Å². The Morgan fingerprint density at radius 1 is 0.903 bits per heavy atom. The summed E-state index contributed by atoms with van der Waals surface area (Å²) in [6.45, 7) is 0.473. The molecule has 0 atom stereocenters. The summed E-state index contributed by atoms with van der Waals surface area (Å²) in [6, 6.07) is 15.7. The molecule has 0 unspecified atom stereocenters. The van der Waals surface area contributed by atoms with Crippen molar-refractivity contribution in [2.24, 2.45) is 0 Å². The highest BCUT2D eigenvalue weighted by Gasteiger charge is 2.30. The molecule has 0 aliphatic heterocycles. The summed E-state index contributed by atoms with van der Waals surface area (Å²) in [7, 11) is 0. The Labute approximate surface area is 179 Å². The summed E-state index contributed by atoms with van der Waals surface area (Å²) in [5, 5.41) is 4.87.